The number of hydrogen-bond donors (Lipinski definition) is 1. The third-order valence-corrected chi connectivity index (χ3v) is 5.58. The largest absolute Gasteiger partial charge is 0.439 e. The Balaban J connectivity index is 1.58. The fraction of sp³-hybridized carbons (Fsp3) is 0.154. The molecule has 35 heavy (non-hydrogen) atoms. The number of benzene rings is 1. The van der Waals surface area contributed by atoms with Crippen molar-refractivity contribution in [2.45, 2.75) is 26.4 Å². The van der Waals surface area contributed by atoms with E-state index in [0.717, 1.165) is 11.8 Å². The SMILES string of the molecule is CCn1c(=O)cc(Nc2ccc(OC3=CC=C(C=O)CC=C3)nc2)n(Cc2ccc(Cl)cc2)c1=O. The summed E-state index contributed by atoms with van der Waals surface area (Å²) in [6, 6.07) is 12.0. The number of allylic oxidation sites excluding steroid dienone is 5. The summed E-state index contributed by atoms with van der Waals surface area (Å²) in [5.74, 6) is 1.25. The zero-order chi connectivity index (χ0) is 24.8. The zero-order valence-electron chi connectivity index (χ0n) is 19.0. The molecule has 1 aromatic carbocycles. The van der Waals surface area contributed by atoms with Gasteiger partial charge in [0.1, 0.15) is 17.9 Å². The highest BCUT2D eigenvalue weighted by molar-refractivity contribution is 6.30. The number of pyridine rings is 1. The minimum Gasteiger partial charge on any atom is -0.439 e. The summed E-state index contributed by atoms with van der Waals surface area (Å²) in [6.07, 6.45) is 9.93. The first-order valence-electron chi connectivity index (χ1n) is 11.0. The van der Waals surface area contributed by atoms with Gasteiger partial charge in [0.25, 0.3) is 5.56 Å². The van der Waals surface area contributed by atoms with Crippen LogP contribution in [0.5, 0.6) is 5.88 Å². The maximum atomic E-state index is 13.0. The molecule has 8 nitrogen and oxygen atoms in total. The molecule has 0 saturated carbocycles. The van der Waals surface area contributed by atoms with Gasteiger partial charge in [0.2, 0.25) is 5.88 Å². The van der Waals surface area contributed by atoms with Crippen LogP contribution in [0.15, 0.2) is 93.9 Å². The molecular weight excluding hydrogens is 468 g/mol. The predicted octanol–water partition coefficient (Wildman–Crippen LogP) is 4.22. The van der Waals surface area contributed by atoms with E-state index < -0.39 is 11.2 Å². The Bertz CT molecular complexity index is 1430. The van der Waals surface area contributed by atoms with Crippen molar-refractivity contribution >= 4 is 29.4 Å². The first kappa shape index (κ1) is 24.0. The van der Waals surface area contributed by atoms with Gasteiger partial charge in [-0.25, -0.2) is 9.78 Å². The molecule has 0 radical (unpaired) electrons. The highest BCUT2D eigenvalue weighted by Gasteiger charge is 2.12. The van der Waals surface area contributed by atoms with Crippen LogP contribution in [-0.2, 0) is 17.9 Å². The molecule has 3 aromatic rings. The Morgan fingerprint density at radius 3 is 2.60 bits per heavy atom. The Hall–Kier alpha value is -4.17. The number of aromatic nitrogens is 3. The van der Waals surface area contributed by atoms with Crippen molar-refractivity contribution in [2.24, 2.45) is 0 Å². The van der Waals surface area contributed by atoms with Crippen LogP contribution in [0.3, 0.4) is 0 Å². The molecule has 1 N–H and O–H groups in total. The first-order valence-corrected chi connectivity index (χ1v) is 11.4. The van der Waals surface area contributed by atoms with E-state index in [0.29, 0.717) is 40.2 Å². The lowest BCUT2D eigenvalue weighted by molar-refractivity contribution is -0.105. The second-order valence-electron chi connectivity index (χ2n) is 7.75. The molecule has 178 valence electrons. The van der Waals surface area contributed by atoms with E-state index in [4.69, 9.17) is 16.3 Å². The molecule has 1 aliphatic rings. The molecule has 0 fully saturated rings. The van der Waals surface area contributed by atoms with Gasteiger partial charge in [-0.2, -0.15) is 0 Å². The van der Waals surface area contributed by atoms with Crippen molar-refractivity contribution in [2.75, 3.05) is 5.32 Å². The van der Waals surface area contributed by atoms with Gasteiger partial charge in [-0.15, -0.1) is 0 Å². The van der Waals surface area contributed by atoms with Gasteiger partial charge in [-0.3, -0.25) is 18.7 Å². The Morgan fingerprint density at radius 1 is 1.11 bits per heavy atom. The molecule has 4 rings (SSSR count). The van der Waals surface area contributed by atoms with Crippen molar-refractivity contribution in [1.29, 1.82) is 0 Å². The Morgan fingerprint density at radius 2 is 1.91 bits per heavy atom. The predicted molar refractivity (Wildman–Crippen MR) is 135 cm³/mol. The number of ether oxygens (including phenoxy) is 1. The van der Waals surface area contributed by atoms with E-state index in [9.17, 15) is 14.4 Å². The van der Waals surface area contributed by atoms with Gasteiger partial charge in [0, 0.05) is 23.7 Å². The molecule has 0 spiro atoms. The van der Waals surface area contributed by atoms with Crippen molar-refractivity contribution in [3.8, 4) is 5.88 Å². The summed E-state index contributed by atoms with van der Waals surface area (Å²) in [5, 5.41) is 3.72. The van der Waals surface area contributed by atoms with Crippen molar-refractivity contribution in [3.05, 3.63) is 116 Å². The molecule has 2 aromatic heterocycles. The highest BCUT2D eigenvalue weighted by Crippen LogP contribution is 2.20. The second kappa shape index (κ2) is 10.8. The van der Waals surface area contributed by atoms with E-state index >= 15 is 0 Å². The number of hydrogen-bond acceptors (Lipinski definition) is 6. The number of anilines is 2. The third kappa shape index (κ3) is 5.85. The third-order valence-electron chi connectivity index (χ3n) is 5.33. The molecule has 0 aliphatic heterocycles. The number of rotatable bonds is 8. The molecule has 0 atom stereocenters. The van der Waals surface area contributed by atoms with Crippen molar-refractivity contribution in [1.82, 2.24) is 14.1 Å². The van der Waals surface area contributed by atoms with Crippen LogP contribution in [0.1, 0.15) is 18.9 Å². The summed E-state index contributed by atoms with van der Waals surface area (Å²) < 4.78 is 8.44. The molecule has 0 amide bonds. The summed E-state index contributed by atoms with van der Waals surface area (Å²) in [7, 11) is 0. The van der Waals surface area contributed by atoms with Crippen LogP contribution in [0.4, 0.5) is 11.5 Å². The number of nitrogens with zero attached hydrogens (tertiary/aromatic N) is 3. The zero-order valence-corrected chi connectivity index (χ0v) is 19.7. The van der Waals surface area contributed by atoms with Crippen LogP contribution in [0.2, 0.25) is 5.02 Å². The van der Waals surface area contributed by atoms with Gasteiger partial charge >= 0.3 is 5.69 Å². The molecule has 9 heteroatoms. The molecule has 0 bridgehead atoms. The van der Waals surface area contributed by atoms with E-state index in [1.807, 2.05) is 18.2 Å². The van der Waals surface area contributed by atoms with Gasteiger partial charge in [0.15, 0.2) is 0 Å². The summed E-state index contributed by atoms with van der Waals surface area (Å²) >= 11 is 5.98. The van der Waals surface area contributed by atoms with Crippen LogP contribution >= 0.6 is 11.6 Å². The number of carbonyl (C=O) groups excluding carboxylic acids is 1. The monoisotopic (exact) mass is 490 g/mol. The van der Waals surface area contributed by atoms with Gasteiger partial charge in [0.05, 0.1) is 18.4 Å². The summed E-state index contributed by atoms with van der Waals surface area (Å²) in [6.45, 7) is 2.27. The van der Waals surface area contributed by atoms with E-state index in [2.05, 4.69) is 10.3 Å². The van der Waals surface area contributed by atoms with Gasteiger partial charge in [-0.1, -0.05) is 35.9 Å². The first-order chi connectivity index (χ1) is 17.0. The van der Waals surface area contributed by atoms with E-state index in [1.165, 1.54) is 15.2 Å². The average molecular weight is 491 g/mol. The minimum atomic E-state index is -0.416. The fourth-order valence-electron chi connectivity index (χ4n) is 3.50. The molecule has 2 heterocycles. The summed E-state index contributed by atoms with van der Waals surface area (Å²) in [5.41, 5.74) is 1.28. The maximum Gasteiger partial charge on any atom is 0.332 e. The highest BCUT2D eigenvalue weighted by atomic mass is 35.5. The minimum absolute atomic E-state index is 0.254. The lowest BCUT2D eigenvalue weighted by atomic mass is 10.2. The number of halogens is 1. The normalized spacial score (nSPS) is 13.0. The molecule has 0 saturated heterocycles. The fourth-order valence-corrected chi connectivity index (χ4v) is 3.62. The van der Waals surface area contributed by atoms with Crippen LogP contribution < -0.4 is 21.3 Å². The molecular formula is C26H23ClN4O4. The van der Waals surface area contributed by atoms with Crippen LogP contribution in [0.25, 0.3) is 0 Å². The van der Waals surface area contributed by atoms with Crippen molar-refractivity contribution < 1.29 is 9.53 Å². The molecule has 0 unspecified atom stereocenters. The van der Waals surface area contributed by atoms with Gasteiger partial charge in [-0.05, 0) is 54.8 Å². The Labute approximate surface area is 206 Å². The Kier molecular flexibility index (Phi) is 7.42. The number of nitrogens with one attached hydrogen (secondary N) is 1. The smallest absolute Gasteiger partial charge is 0.332 e. The standard InChI is InChI=1S/C26H23ClN4O4/c1-2-30-25(33)14-23(31(26(30)34)16-18-6-9-20(27)10-7-18)29-21-11-13-24(28-15-21)35-22-5-3-4-19(17-32)8-12-22/h3,5-15,17,29H,2,4,16H2,1H3. The maximum absolute atomic E-state index is 13.0. The average Bonchev–Trinajstić information content (AvgIpc) is 3.09. The number of aldehydes is 1. The van der Waals surface area contributed by atoms with Crippen LogP contribution in [0, 0.1) is 0 Å². The van der Waals surface area contributed by atoms with Crippen molar-refractivity contribution in [3.63, 3.8) is 0 Å². The lowest BCUT2D eigenvalue weighted by Crippen LogP contribution is -2.40. The topological polar surface area (TPSA) is 95.2 Å². The summed E-state index contributed by atoms with van der Waals surface area (Å²) in [4.78, 5) is 40.8. The second-order valence-corrected chi connectivity index (χ2v) is 8.19. The van der Waals surface area contributed by atoms with Crippen LogP contribution in [-0.4, -0.2) is 20.4 Å². The van der Waals surface area contributed by atoms with Gasteiger partial charge < -0.3 is 10.1 Å². The lowest BCUT2D eigenvalue weighted by Gasteiger charge is -2.16. The quantitative estimate of drug-likeness (QED) is 0.475. The number of carbonyl (C=O) groups is 1. The van der Waals surface area contributed by atoms with E-state index in [-0.39, 0.29) is 13.1 Å². The molecule has 1 aliphatic carbocycles. The van der Waals surface area contributed by atoms with E-state index in [1.54, 1.807) is 55.6 Å².